The Morgan fingerprint density at radius 2 is 2.07 bits per heavy atom. The van der Waals surface area contributed by atoms with Crippen LogP contribution in [0.2, 0.25) is 0 Å². The van der Waals surface area contributed by atoms with Crippen LogP contribution < -0.4 is 0 Å². The maximum Gasteiger partial charge on any atom is 0.339 e. The SMILES string of the molecule is C=C1C[C@H](OC(=O)C(C)(O)CCl)C2C(=C)C(=O)O[C@@H]2C2C1C[C@H](O)[C@]2(O)CCl. The van der Waals surface area contributed by atoms with E-state index in [1.807, 2.05) is 0 Å². The number of rotatable bonds is 4. The number of aliphatic hydroxyl groups excluding tert-OH is 1. The summed E-state index contributed by atoms with van der Waals surface area (Å²) in [4.78, 5) is 24.6. The molecule has 0 aromatic heterocycles. The van der Waals surface area contributed by atoms with Gasteiger partial charge in [-0.3, -0.25) is 0 Å². The van der Waals surface area contributed by atoms with Gasteiger partial charge in [-0.15, -0.1) is 23.2 Å². The highest BCUT2D eigenvalue weighted by Gasteiger charge is 2.64. The van der Waals surface area contributed by atoms with Gasteiger partial charge in [0.25, 0.3) is 0 Å². The predicted octanol–water partition coefficient (Wildman–Crippen LogP) is 0.913. The van der Waals surface area contributed by atoms with Crippen molar-refractivity contribution in [2.45, 2.75) is 49.3 Å². The van der Waals surface area contributed by atoms with Gasteiger partial charge in [-0.1, -0.05) is 18.7 Å². The standard InChI is InChI=1S/C19H24Cl2O7/c1-8-4-11(27-17(24)18(3,25)6-20)13-9(2)16(23)28-15(13)14-10(8)5-12(22)19(14,26)7-21/h10-15,22,25-26H,1-2,4-7H2,3H3/t10?,11-,12-,13?,14?,15-,18?,19+/m0/s1. The van der Waals surface area contributed by atoms with Crippen molar-refractivity contribution in [2.75, 3.05) is 11.8 Å². The summed E-state index contributed by atoms with van der Waals surface area (Å²) in [6.45, 7) is 9.05. The van der Waals surface area contributed by atoms with Gasteiger partial charge in [0.1, 0.15) is 17.8 Å². The second-order valence-corrected chi connectivity index (χ2v) is 8.68. The van der Waals surface area contributed by atoms with Gasteiger partial charge >= 0.3 is 11.9 Å². The van der Waals surface area contributed by atoms with Crippen molar-refractivity contribution in [3.63, 3.8) is 0 Å². The Labute approximate surface area is 172 Å². The van der Waals surface area contributed by atoms with E-state index in [1.165, 1.54) is 6.92 Å². The first-order valence-electron chi connectivity index (χ1n) is 9.01. The van der Waals surface area contributed by atoms with Gasteiger partial charge in [0.15, 0.2) is 5.60 Å². The molecule has 3 fully saturated rings. The van der Waals surface area contributed by atoms with Gasteiger partial charge in [-0.05, 0) is 19.3 Å². The topological polar surface area (TPSA) is 113 Å². The zero-order chi connectivity index (χ0) is 21.0. The molecule has 0 amide bonds. The Morgan fingerprint density at radius 3 is 2.64 bits per heavy atom. The van der Waals surface area contributed by atoms with E-state index >= 15 is 0 Å². The molecule has 0 radical (unpaired) electrons. The number of fused-ring (bicyclic) bond motifs is 3. The smallest absolute Gasteiger partial charge is 0.339 e. The number of ether oxygens (including phenoxy) is 2. The van der Waals surface area contributed by atoms with E-state index in [0.29, 0.717) is 5.57 Å². The summed E-state index contributed by atoms with van der Waals surface area (Å²) in [6.07, 6.45) is -2.54. The van der Waals surface area contributed by atoms with Crippen molar-refractivity contribution >= 4 is 35.1 Å². The fraction of sp³-hybridized carbons (Fsp3) is 0.684. The first-order chi connectivity index (χ1) is 13.0. The number of carbonyl (C=O) groups excluding carboxylic acids is 2. The molecule has 3 N–H and O–H groups in total. The summed E-state index contributed by atoms with van der Waals surface area (Å²) < 4.78 is 11.0. The van der Waals surface area contributed by atoms with Crippen LogP contribution in [0.5, 0.6) is 0 Å². The van der Waals surface area contributed by atoms with Crippen molar-refractivity contribution in [2.24, 2.45) is 17.8 Å². The molecule has 0 aromatic carbocycles. The minimum absolute atomic E-state index is 0.0973. The Bertz CT molecular complexity index is 721. The fourth-order valence-corrected chi connectivity index (χ4v) is 5.05. The second kappa shape index (κ2) is 7.29. The zero-order valence-corrected chi connectivity index (χ0v) is 16.9. The van der Waals surface area contributed by atoms with E-state index in [4.69, 9.17) is 32.7 Å². The molecular weight excluding hydrogens is 411 g/mol. The normalized spacial score (nSPS) is 42.3. The highest BCUT2D eigenvalue weighted by Crippen LogP contribution is 2.55. The molecule has 1 saturated heterocycles. The van der Waals surface area contributed by atoms with Crippen molar-refractivity contribution < 1.29 is 34.4 Å². The number of halogens is 2. The van der Waals surface area contributed by atoms with Gasteiger partial charge in [-0.2, -0.15) is 0 Å². The Balaban J connectivity index is 2.01. The summed E-state index contributed by atoms with van der Waals surface area (Å²) in [7, 11) is 0. The third-order valence-electron chi connectivity index (χ3n) is 6.24. The number of esters is 2. The molecule has 28 heavy (non-hydrogen) atoms. The Kier molecular flexibility index (Phi) is 5.62. The highest BCUT2D eigenvalue weighted by atomic mass is 35.5. The van der Waals surface area contributed by atoms with Crippen LogP contribution in [0.1, 0.15) is 19.8 Å². The molecule has 3 rings (SSSR count). The van der Waals surface area contributed by atoms with Gasteiger partial charge in [0.2, 0.25) is 0 Å². The lowest BCUT2D eigenvalue weighted by Gasteiger charge is -2.37. The fourth-order valence-electron chi connectivity index (χ4n) is 4.58. The lowest BCUT2D eigenvalue weighted by atomic mass is 9.76. The first-order valence-corrected chi connectivity index (χ1v) is 10.1. The average Bonchev–Trinajstić information content (AvgIpc) is 3.04. The first kappa shape index (κ1) is 21.6. The van der Waals surface area contributed by atoms with Crippen molar-refractivity contribution in [3.8, 4) is 0 Å². The van der Waals surface area contributed by atoms with E-state index in [2.05, 4.69) is 13.2 Å². The lowest BCUT2D eigenvalue weighted by molar-refractivity contribution is -0.172. The summed E-state index contributed by atoms with van der Waals surface area (Å²) in [5.74, 6) is -4.11. The van der Waals surface area contributed by atoms with Crippen molar-refractivity contribution in [1.29, 1.82) is 0 Å². The number of alkyl halides is 2. The van der Waals surface area contributed by atoms with E-state index < -0.39 is 53.3 Å². The third-order valence-corrected chi connectivity index (χ3v) is 7.19. The summed E-state index contributed by atoms with van der Waals surface area (Å²) in [5.41, 5.74) is -2.87. The molecule has 9 heteroatoms. The van der Waals surface area contributed by atoms with E-state index in [0.717, 1.165) is 0 Å². The molecule has 0 spiro atoms. The van der Waals surface area contributed by atoms with Crippen LogP contribution in [0, 0.1) is 17.8 Å². The van der Waals surface area contributed by atoms with Gasteiger partial charge < -0.3 is 24.8 Å². The maximum absolute atomic E-state index is 12.4. The molecule has 7 nitrogen and oxygen atoms in total. The number of hydrogen-bond donors (Lipinski definition) is 3. The molecule has 0 bridgehead atoms. The molecule has 4 unspecified atom stereocenters. The third kappa shape index (κ3) is 3.17. The highest BCUT2D eigenvalue weighted by molar-refractivity contribution is 6.20. The van der Waals surface area contributed by atoms with E-state index in [1.54, 1.807) is 0 Å². The summed E-state index contributed by atoms with van der Waals surface area (Å²) >= 11 is 11.6. The molecule has 0 aromatic rings. The van der Waals surface area contributed by atoms with Crippen LogP contribution in [0.4, 0.5) is 0 Å². The molecule has 1 heterocycles. The van der Waals surface area contributed by atoms with Gasteiger partial charge in [-0.25, -0.2) is 9.59 Å². The Morgan fingerprint density at radius 1 is 1.43 bits per heavy atom. The number of hydrogen-bond acceptors (Lipinski definition) is 7. The molecule has 3 aliphatic rings. The van der Waals surface area contributed by atoms with E-state index in [9.17, 15) is 24.9 Å². The lowest BCUT2D eigenvalue weighted by Crippen LogP contribution is -2.52. The Hall–Kier alpha value is -1.12. The molecule has 156 valence electrons. The minimum Gasteiger partial charge on any atom is -0.459 e. The molecule has 2 saturated carbocycles. The van der Waals surface area contributed by atoms with Gasteiger partial charge in [0.05, 0.1) is 23.8 Å². The zero-order valence-electron chi connectivity index (χ0n) is 15.4. The molecule has 2 aliphatic carbocycles. The molecule has 8 atom stereocenters. The largest absolute Gasteiger partial charge is 0.459 e. The average molecular weight is 435 g/mol. The monoisotopic (exact) mass is 434 g/mol. The summed E-state index contributed by atoms with van der Waals surface area (Å²) in [5, 5.41) is 31.6. The number of carbonyl (C=O) groups is 2. The van der Waals surface area contributed by atoms with Crippen LogP contribution in [-0.4, -0.2) is 68.5 Å². The van der Waals surface area contributed by atoms with Crippen LogP contribution >= 0.6 is 23.2 Å². The number of aliphatic hydroxyl groups is 3. The van der Waals surface area contributed by atoms with Crippen LogP contribution in [-0.2, 0) is 19.1 Å². The molecular formula is C19H24Cl2O7. The van der Waals surface area contributed by atoms with Gasteiger partial charge in [0, 0.05) is 17.9 Å². The van der Waals surface area contributed by atoms with Crippen LogP contribution in [0.25, 0.3) is 0 Å². The maximum atomic E-state index is 12.4. The predicted molar refractivity (Wildman–Crippen MR) is 101 cm³/mol. The second-order valence-electron chi connectivity index (χ2n) is 8.14. The van der Waals surface area contributed by atoms with Crippen molar-refractivity contribution in [3.05, 3.63) is 24.3 Å². The van der Waals surface area contributed by atoms with Crippen molar-refractivity contribution in [1.82, 2.24) is 0 Å². The van der Waals surface area contributed by atoms with E-state index in [-0.39, 0.29) is 36.1 Å². The molecule has 1 aliphatic heterocycles. The van der Waals surface area contributed by atoms with Crippen LogP contribution in [0.15, 0.2) is 24.3 Å². The van der Waals surface area contributed by atoms with Crippen LogP contribution in [0.3, 0.4) is 0 Å². The summed E-state index contributed by atoms with van der Waals surface area (Å²) in [6, 6.07) is 0. The quantitative estimate of drug-likeness (QED) is 0.260. The minimum atomic E-state index is -1.90.